The number of aromatic nitrogens is 2. The van der Waals surface area contributed by atoms with Gasteiger partial charge in [0.1, 0.15) is 12.4 Å². The van der Waals surface area contributed by atoms with Gasteiger partial charge in [-0.3, -0.25) is 4.79 Å². The number of nitrogens with zero attached hydrogens (tertiary/aromatic N) is 3. The molecule has 23 heavy (non-hydrogen) atoms. The predicted octanol–water partition coefficient (Wildman–Crippen LogP) is 1.43. The number of aryl methyl sites for hydroxylation is 1. The van der Waals surface area contributed by atoms with Crippen LogP contribution in [0.25, 0.3) is 0 Å². The fourth-order valence-corrected chi connectivity index (χ4v) is 3.56. The van der Waals surface area contributed by atoms with E-state index in [4.69, 9.17) is 10.5 Å². The molecule has 1 aromatic heterocycles. The standard InChI is InChI=1S/C16H23FN4O2/c1-2-11-14(17)16(20-9-19-11)21-7-5-10(6-8-21)12-3-4-13(23-12)15(18)22/h9-10,12-13H,2-8H2,1H3,(H2,18,22)/t12-,13+/m0/s1. The Balaban J connectivity index is 1.60. The molecule has 0 aliphatic carbocycles. The molecule has 2 aliphatic heterocycles. The van der Waals surface area contributed by atoms with Gasteiger partial charge in [-0.25, -0.2) is 14.4 Å². The number of piperidine rings is 1. The highest BCUT2D eigenvalue weighted by atomic mass is 19.1. The first-order valence-electron chi connectivity index (χ1n) is 8.29. The Hall–Kier alpha value is -1.76. The number of carbonyl (C=O) groups is 1. The zero-order valence-electron chi connectivity index (χ0n) is 13.4. The van der Waals surface area contributed by atoms with Gasteiger partial charge in [-0.15, -0.1) is 0 Å². The van der Waals surface area contributed by atoms with E-state index in [1.54, 1.807) is 0 Å². The smallest absolute Gasteiger partial charge is 0.246 e. The van der Waals surface area contributed by atoms with Gasteiger partial charge in [0.2, 0.25) is 5.91 Å². The predicted molar refractivity (Wildman–Crippen MR) is 83.4 cm³/mol. The maximum Gasteiger partial charge on any atom is 0.246 e. The summed E-state index contributed by atoms with van der Waals surface area (Å²) in [6.45, 7) is 3.36. The monoisotopic (exact) mass is 322 g/mol. The Labute approximate surface area is 135 Å². The minimum atomic E-state index is -0.440. The third-order valence-corrected chi connectivity index (χ3v) is 4.91. The largest absolute Gasteiger partial charge is 0.367 e. The SMILES string of the molecule is CCc1ncnc(N2CCC([C@@H]3CC[C@H](C(N)=O)O3)CC2)c1F. The van der Waals surface area contributed by atoms with Gasteiger partial charge in [-0.05, 0) is 38.0 Å². The first-order valence-corrected chi connectivity index (χ1v) is 8.29. The van der Waals surface area contributed by atoms with Crippen LogP contribution in [0.3, 0.4) is 0 Å². The molecule has 2 saturated heterocycles. The van der Waals surface area contributed by atoms with E-state index in [-0.39, 0.29) is 17.8 Å². The number of amides is 1. The topological polar surface area (TPSA) is 81.3 Å². The fourth-order valence-electron chi connectivity index (χ4n) is 3.56. The molecule has 3 heterocycles. The highest BCUT2D eigenvalue weighted by molar-refractivity contribution is 5.79. The number of hydrogen-bond acceptors (Lipinski definition) is 5. The van der Waals surface area contributed by atoms with Gasteiger partial charge in [0.25, 0.3) is 0 Å². The van der Waals surface area contributed by atoms with Crippen molar-refractivity contribution in [2.75, 3.05) is 18.0 Å². The van der Waals surface area contributed by atoms with Gasteiger partial charge in [-0.2, -0.15) is 0 Å². The number of anilines is 1. The van der Waals surface area contributed by atoms with E-state index in [2.05, 4.69) is 9.97 Å². The molecule has 3 rings (SSSR count). The molecule has 1 amide bonds. The molecule has 126 valence electrons. The quantitative estimate of drug-likeness (QED) is 0.907. The third-order valence-electron chi connectivity index (χ3n) is 4.91. The zero-order valence-corrected chi connectivity index (χ0v) is 13.4. The Morgan fingerprint density at radius 3 is 2.70 bits per heavy atom. The van der Waals surface area contributed by atoms with E-state index in [9.17, 15) is 9.18 Å². The van der Waals surface area contributed by atoms with E-state index >= 15 is 0 Å². The second-order valence-corrected chi connectivity index (χ2v) is 6.28. The minimum absolute atomic E-state index is 0.0936. The summed E-state index contributed by atoms with van der Waals surface area (Å²) in [6.07, 6.45) is 5.03. The van der Waals surface area contributed by atoms with Crippen molar-refractivity contribution in [3.63, 3.8) is 0 Å². The highest BCUT2D eigenvalue weighted by Crippen LogP contribution is 2.33. The molecule has 1 aromatic rings. The third kappa shape index (κ3) is 3.29. The highest BCUT2D eigenvalue weighted by Gasteiger charge is 2.36. The van der Waals surface area contributed by atoms with Crippen LogP contribution in [0.4, 0.5) is 10.2 Å². The van der Waals surface area contributed by atoms with Crippen LogP contribution in [0, 0.1) is 11.7 Å². The lowest BCUT2D eigenvalue weighted by atomic mass is 9.89. The van der Waals surface area contributed by atoms with Gasteiger partial charge in [-0.1, -0.05) is 6.92 Å². The van der Waals surface area contributed by atoms with E-state index in [0.29, 0.717) is 30.3 Å². The normalized spacial score (nSPS) is 25.7. The van der Waals surface area contributed by atoms with Crippen molar-refractivity contribution in [3.8, 4) is 0 Å². The van der Waals surface area contributed by atoms with Crippen LogP contribution in [0.2, 0.25) is 0 Å². The van der Waals surface area contributed by atoms with Crippen molar-refractivity contribution >= 4 is 11.7 Å². The molecular formula is C16H23FN4O2. The summed E-state index contributed by atoms with van der Waals surface area (Å²) in [5, 5.41) is 0. The molecule has 2 atom stereocenters. The van der Waals surface area contributed by atoms with Crippen LogP contribution in [0.15, 0.2) is 6.33 Å². The first kappa shape index (κ1) is 16.1. The van der Waals surface area contributed by atoms with Crippen LogP contribution in [-0.4, -0.2) is 41.2 Å². The number of carbonyl (C=O) groups excluding carboxylic acids is 1. The zero-order chi connectivity index (χ0) is 16.4. The molecule has 6 nitrogen and oxygen atoms in total. The second kappa shape index (κ2) is 6.78. The molecule has 2 fully saturated rings. The molecule has 0 radical (unpaired) electrons. The molecule has 0 unspecified atom stereocenters. The average molecular weight is 322 g/mol. The van der Waals surface area contributed by atoms with Crippen LogP contribution in [-0.2, 0) is 16.0 Å². The fraction of sp³-hybridized carbons (Fsp3) is 0.688. The maximum absolute atomic E-state index is 14.4. The number of nitrogens with two attached hydrogens (primary N) is 1. The van der Waals surface area contributed by atoms with E-state index in [1.807, 2.05) is 11.8 Å². The molecule has 7 heteroatoms. The number of ether oxygens (including phenoxy) is 1. The van der Waals surface area contributed by atoms with Crippen LogP contribution in [0.5, 0.6) is 0 Å². The summed E-state index contributed by atoms with van der Waals surface area (Å²) in [5.74, 6) is 0.114. The van der Waals surface area contributed by atoms with Crippen LogP contribution >= 0.6 is 0 Å². The number of halogens is 1. The van der Waals surface area contributed by atoms with Crippen molar-refractivity contribution in [1.29, 1.82) is 0 Å². The molecule has 2 aliphatic rings. The summed E-state index contributed by atoms with van der Waals surface area (Å²) >= 11 is 0. The summed E-state index contributed by atoms with van der Waals surface area (Å²) in [5.41, 5.74) is 5.76. The van der Waals surface area contributed by atoms with Crippen molar-refractivity contribution in [2.45, 2.75) is 51.2 Å². The Morgan fingerprint density at radius 1 is 1.35 bits per heavy atom. The van der Waals surface area contributed by atoms with Gasteiger partial charge in [0.05, 0.1) is 11.8 Å². The van der Waals surface area contributed by atoms with Gasteiger partial charge in [0, 0.05) is 13.1 Å². The Bertz CT molecular complexity index is 575. The van der Waals surface area contributed by atoms with E-state index in [1.165, 1.54) is 6.33 Å². The Kier molecular flexibility index (Phi) is 4.75. The number of rotatable bonds is 4. The molecule has 0 saturated carbocycles. The lowest BCUT2D eigenvalue weighted by Crippen LogP contribution is -2.39. The molecule has 0 spiro atoms. The summed E-state index contributed by atoms with van der Waals surface area (Å²) in [7, 11) is 0. The molecule has 0 bridgehead atoms. The lowest BCUT2D eigenvalue weighted by Gasteiger charge is -2.35. The molecule has 0 aromatic carbocycles. The van der Waals surface area contributed by atoms with Gasteiger partial charge < -0.3 is 15.4 Å². The van der Waals surface area contributed by atoms with Gasteiger partial charge >= 0.3 is 0 Å². The van der Waals surface area contributed by atoms with E-state index < -0.39 is 6.10 Å². The van der Waals surface area contributed by atoms with Crippen molar-refractivity contribution in [3.05, 3.63) is 17.8 Å². The average Bonchev–Trinajstić information content (AvgIpc) is 3.06. The second-order valence-electron chi connectivity index (χ2n) is 6.28. The van der Waals surface area contributed by atoms with Crippen LogP contribution in [0.1, 0.15) is 38.3 Å². The van der Waals surface area contributed by atoms with Crippen molar-refractivity contribution < 1.29 is 13.9 Å². The Morgan fingerprint density at radius 2 is 2.09 bits per heavy atom. The number of primary amides is 1. The summed E-state index contributed by atoms with van der Waals surface area (Å²) in [6, 6.07) is 0. The molecular weight excluding hydrogens is 299 g/mol. The van der Waals surface area contributed by atoms with E-state index in [0.717, 1.165) is 32.4 Å². The summed E-state index contributed by atoms with van der Waals surface area (Å²) < 4.78 is 20.1. The number of hydrogen-bond donors (Lipinski definition) is 1. The lowest BCUT2D eigenvalue weighted by molar-refractivity contribution is -0.130. The molecule has 2 N–H and O–H groups in total. The van der Waals surface area contributed by atoms with Crippen molar-refractivity contribution in [2.24, 2.45) is 11.7 Å². The minimum Gasteiger partial charge on any atom is -0.367 e. The van der Waals surface area contributed by atoms with Crippen LogP contribution < -0.4 is 10.6 Å². The van der Waals surface area contributed by atoms with Gasteiger partial charge in [0.15, 0.2) is 11.6 Å². The summed E-state index contributed by atoms with van der Waals surface area (Å²) in [4.78, 5) is 21.3. The first-order chi connectivity index (χ1) is 11.1. The van der Waals surface area contributed by atoms with Crippen molar-refractivity contribution in [1.82, 2.24) is 9.97 Å². The maximum atomic E-state index is 14.4.